The van der Waals surface area contributed by atoms with Crippen LogP contribution in [0.1, 0.15) is 37.8 Å². The van der Waals surface area contributed by atoms with Gasteiger partial charge in [-0.1, -0.05) is 13.8 Å². The number of fused-ring (bicyclic) bond motifs is 1. The first-order valence-corrected chi connectivity index (χ1v) is 12.8. The summed E-state index contributed by atoms with van der Waals surface area (Å²) in [5.41, 5.74) is 2.25. The van der Waals surface area contributed by atoms with E-state index in [1.807, 2.05) is 50.2 Å². The van der Waals surface area contributed by atoms with Crippen LogP contribution in [0.2, 0.25) is 0 Å². The maximum Gasteiger partial charge on any atom is 0.167 e. The second kappa shape index (κ2) is 10.6. The number of aromatic nitrogens is 5. The minimum absolute atomic E-state index is 0.573. The number of aliphatic hydroxyl groups is 1. The van der Waals surface area contributed by atoms with Crippen LogP contribution < -0.4 is 9.80 Å². The molecule has 2 saturated heterocycles. The lowest BCUT2D eigenvalue weighted by atomic mass is 9.83. The maximum absolute atomic E-state index is 12.0. The summed E-state index contributed by atoms with van der Waals surface area (Å²) in [7, 11) is 0. The van der Waals surface area contributed by atoms with Gasteiger partial charge in [0.2, 0.25) is 0 Å². The van der Waals surface area contributed by atoms with E-state index >= 15 is 0 Å². The normalized spacial score (nSPS) is 17.2. The van der Waals surface area contributed by atoms with Gasteiger partial charge in [0.15, 0.2) is 11.5 Å². The number of aromatic amines is 1. The topological polar surface area (TPSA) is 119 Å². The molecule has 2 N–H and O–H groups in total. The van der Waals surface area contributed by atoms with Crippen LogP contribution in [0.15, 0.2) is 48.8 Å². The summed E-state index contributed by atoms with van der Waals surface area (Å²) >= 11 is 0. The van der Waals surface area contributed by atoms with Gasteiger partial charge in [0.25, 0.3) is 0 Å². The molecule has 2 aliphatic rings. The lowest BCUT2D eigenvalue weighted by Crippen LogP contribution is -2.43. The largest absolute Gasteiger partial charge is 0.385 e. The number of anilines is 2. The van der Waals surface area contributed by atoms with E-state index in [1.54, 1.807) is 17.1 Å². The van der Waals surface area contributed by atoms with Crippen molar-refractivity contribution >= 4 is 22.5 Å². The first-order chi connectivity index (χ1) is 18.1. The van der Waals surface area contributed by atoms with E-state index in [0.717, 1.165) is 41.4 Å². The fourth-order valence-corrected chi connectivity index (χ4v) is 5.02. The van der Waals surface area contributed by atoms with Crippen LogP contribution in [0.3, 0.4) is 0 Å². The molecular weight excluding hydrogens is 468 g/mol. The molecule has 10 nitrogen and oxygen atoms in total. The van der Waals surface area contributed by atoms with Crippen molar-refractivity contribution in [1.82, 2.24) is 25.0 Å². The van der Waals surface area contributed by atoms with E-state index in [-0.39, 0.29) is 0 Å². The standard InChI is InChI=1S/C25H26N8O2.C2H6/c26-16-18-1-3-19(4-2-18)31-9-6-25(34,7-10-31)21-15-23(32-11-13-35-14-12-32)29-24-20(21)17-28-33(24)22-5-8-27-30-22;1-2/h1-5,8,15,17,34H,6-7,9-14H2,(H,27,30);1-2H3. The summed E-state index contributed by atoms with van der Waals surface area (Å²) in [6, 6.07) is 13.7. The Hall–Kier alpha value is -3.94. The highest BCUT2D eigenvalue weighted by Gasteiger charge is 2.37. The zero-order valence-corrected chi connectivity index (χ0v) is 21.3. The van der Waals surface area contributed by atoms with Crippen LogP contribution in [0.5, 0.6) is 0 Å². The molecule has 0 amide bonds. The summed E-state index contributed by atoms with van der Waals surface area (Å²) in [6.07, 6.45) is 4.61. The fraction of sp³-hybridized carbons (Fsp3) is 0.407. The first kappa shape index (κ1) is 24.7. The molecule has 3 aromatic heterocycles. The summed E-state index contributed by atoms with van der Waals surface area (Å²) in [5.74, 6) is 1.54. The summed E-state index contributed by atoms with van der Waals surface area (Å²) in [4.78, 5) is 9.41. The van der Waals surface area contributed by atoms with Gasteiger partial charge in [-0.15, -0.1) is 0 Å². The van der Waals surface area contributed by atoms with Crippen molar-refractivity contribution in [2.24, 2.45) is 0 Å². The number of pyridine rings is 1. The minimum atomic E-state index is -1.01. The highest BCUT2D eigenvalue weighted by Crippen LogP contribution is 2.39. The quantitative estimate of drug-likeness (QED) is 0.438. The Bertz CT molecular complexity index is 1360. The first-order valence-electron chi connectivity index (χ1n) is 12.8. The van der Waals surface area contributed by atoms with E-state index in [0.29, 0.717) is 50.4 Å². The molecule has 2 fully saturated rings. The molecule has 0 saturated carbocycles. The fourth-order valence-electron chi connectivity index (χ4n) is 5.02. The molecule has 0 aliphatic carbocycles. The molecule has 0 bridgehead atoms. The average molecular weight is 501 g/mol. The van der Waals surface area contributed by atoms with Crippen molar-refractivity contribution < 1.29 is 9.84 Å². The van der Waals surface area contributed by atoms with Crippen molar-refractivity contribution in [3.8, 4) is 11.9 Å². The van der Waals surface area contributed by atoms with Crippen molar-refractivity contribution in [2.75, 3.05) is 49.2 Å². The maximum atomic E-state index is 12.0. The highest BCUT2D eigenvalue weighted by molar-refractivity contribution is 5.83. The Morgan fingerprint density at radius 1 is 1.03 bits per heavy atom. The average Bonchev–Trinajstić information content (AvgIpc) is 3.65. The van der Waals surface area contributed by atoms with Gasteiger partial charge in [0, 0.05) is 43.3 Å². The molecule has 5 heterocycles. The number of H-pyrrole nitrogens is 1. The number of benzene rings is 1. The molecule has 192 valence electrons. The van der Waals surface area contributed by atoms with Crippen LogP contribution >= 0.6 is 0 Å². The molecular formula is C27H32N8O2. The third-order valence-electron chi connectivity index (χ3n) is 7.03. The predicted octanol–water partition coefficient (Wildman–Crippen LogP) is 3.37. The van der Waals surface area contributed by atoms with Crippen LogP contribution in [0.25, 0.3) is 16.9 Å². The van der Waals surface area contributed by atoms with Crippen LogP contribution in [-0.4, -0.2) is 69.5 Å². The summed E-state index contributed by atoms with van der Waals surface area (Å²) in [5, 5.41) is 33.5. The minimum Gasteiger partial charge on any atom is -0.385 e. The molecule has 2 aliphatic heterocycles. The van der Waals surface area contributed by atoms with Gasteiger partial charge in [0.1, 0.15) is 5.82 Å². The van der Waals surface area contributed by atoms with E-state index in [2.05, 4.69) is 31.2 Å². The molecule has 10 heteroatoms. The second-order valence-corrected chi connectivity index (χ2v) is 9.04. The molecule has 4 aromatic rings. The van der Waals surface area contributed by atoms with Crippen LogP contribution in [-0.2, 0) is 10.3 Å². The Morgan fingerprint density at radius 2 is 1.76 bits per heavy atom. The summed E-state index contributed by atoms with van der Waals surface area (Å²) in [6.45, 7) is 8.21. The van der Waals surface area contributed by atoms with Gasteiger partial charge in [-0.2, -0.15) is 20.1 Å². The molecule has 37 heavy (non-hydrogen) atoms. The number of ether oxygens (including phenoxy) is 1. The number of hydrogen-bond acceptors (Lipinski definition) is 8. The van der Waals surface area contributed by atoms with E-state index < -0.39 is 5.60 Å². The Balaban J connectivity index is 0.00000137. The van der Waals surface area contributed by atoms with Crippen molar-refractivity contribution in [1.29, 1.82) is 5.26 Å². The van der Waals surface area contributed by atoms with Crippen LogP contribution in [0.4, 0.5) is 11.5 Å². The number of nitrogens with zero attached hydrogens (tertiary/aromatic N) is 7. The molecule has 0 unspecified atom stereocenters. The Kier molecular flexibility index (Phi) is 7.08. The van der Waals surface area contributed by atoms with E-state index in [4.69, 9.17) is 15.0 Å². The molecule has 0 radical (unpaired) electrons. The van der Waals surface area contributed by atoms with Crippen LogP contribution in [0, 0.1) is 11.3 Å². The van der Waals surface area contributed by atoms with Crippen molar-refractivity contribution in [3.05, 3.63) is 59.9 Å². The molecule has 0 atom stereocenters. The summed E-state index contributed by atoms with van der Waals surface area (Å²) < 4.78 is 7.28. The van der Waals surface area contributed by atoms with Gasteiger partial charge in [-0.3, -0.25) is 5.10 Å². The van der Waals surface area contributed by atoms with Gasteiger partial charge < -0.3 is 19.6 Å². The molecule has 6 rings (SSSR count). The number of rotatable bonds is 4. The lowest BCUT2D eigenvalue weighted by Gasteiger charge is -2.40. The highest BCUT2D eigenvalue weighted by atomic mass is 16.5. The van der Waals surface area contributed by atoms with Gasteiger partial charge in [-0.25, -0.2) is 4.98 Å². The number of nitriles is 1. The zero-order valence-electron chi connectivity index (χ0n) is 21.3. The van der Waals surface area contributed by atoms with Crippen molar-refractivity contribution in [3.63, 3.8) is 0 Å². The molecule has 1 aromatic carbocycles. The monoisotopic (exact) mass is 500 g/mol. The second-order valence-electron chi connectivity index (χ2n) is 9.04. The third-order valence-corrected chi connectivity index (χ3v) is 7.03. The number of piperidine rings is 1. The number of hydrogen-bond donors (Lipinski definition) is 2. The Morgan fingerprint density at radius 3 is 2.41 bits per heavy atom. The lowest BCUT2D eigenvalue weighted by molar-refractivity contribution is 0.0132. The van der Waals surface area contributed by atoms with Gasteiger partial charge in [0.05, 0.1) is 42.8 Å². The number of morpholine rings is 1. The van der Waals surface area contributed by atoms with Gasteiger partial charge in [-0.05, 0) is 48.7 Å². The predicted molar refractivity (Wildman–Crippen MR) is 142 cm³/mol. The SMILES string of the molecule is CC.N#Cc1ccc(N2CCC(O)(c3cc(N4CCOCC4)nc4c3cnn4-c3ccn[nH]3)CC2)cc1. The third kappa shape index (κ3) is 4.75. The van der Waals surface area contributed by atoms with E-state index in [9.17, 15) is 5.11 Å². The Labute approximate surface area is 216 Å². The smallest absolute Gasteiger partial charge is 0.167 e. The van der Waals surface area contributed by atoms with E-state index in [1.165, 1.54) is 0 Å². The molecule has 0 spiro atoms. The zero-order chi connectivity index (χ0) is 25.8. The van der Waals surface area contributed by atoms with Crippen molar-refractivity contribution in [2.45, 2.75) is 32.3 Å². The number of nitrogens with one attached hydrogen (secondary N) is 1. The van der Waals surface area contributed by atoms with Gasteiger partial charge >= 0.3 is 0 Å².